The number of hydrogen-bond donors (Lipinski definition) is 0. The zero-order chi connectivity index (χ0) is 58.4. The Morgan fingerprint density at radius 1 is 0.476 bits per heavy atom. The summed E-state index contributed by atoms with van der Waals surface area (Å²) in [6.45, 7) is 5.77. The van der Waals surface area contributed by atoms with Crippen LogP contribution in [-0.2, 0) is 9.68 Å². The van der Waals surface area contributed by atoms with E-state index in [1.54, 1.807) is 78.9 Å². The first-order valence-corrected chi connectivity index (χ1v) is 25.6. The lowest BCUT2D eigenvalue weighted by molar-refractivity contribution is 0.103. The van der Waals surface area contributed by atoms with Crippen LogP contribution in [0.25, 0.3) is 45.0 Å². The molecule has 0 spiro atoms. The van der Waals surface area contributed by atoms with Crippen LogP contribution in [-0.4, -0.2) is 82.3 Å². The number of nitriles is 7. The number of aromatic nitrogens is 8. The molecule has 0 atom stereocenters. The van der Waals surface area contributed by atoms with Gasteiger partial charge >= 0.3 is 0 Å². The van der Waals surface area contributed by atoms with Crippen molar-refractivity contribution in [3.8, 4) is 87.5 Å². The van der Waals surface area contributed by atoms with E-state index < -0.39 is 0 Å². The van der Waals surface area contributed by atoms with Gasteiger partial charge in [-0.25, -0.2) is 39.9 Å². The third-order valence-electron chi connectivity index (χ3n) is 11.9. The smallest absolute Gasteiger partial charge is 0.214 e. The van der Waals surface area contributed by atoms with Crippen molar-refractivity contribution in [3.63, 3.8) is 0 Å². The van der Waals surface area contributed by atoms with E-state index in [4.69, 9.17) is 81.3 Å². The minimum Gasteiger partial charge on any atom is -0.399 e. The number of carbonyl (C=O) groups excluding carboxylic acids is 2. The Morgan fingerprint density at radius 2 is 0.829 bits per heavy atom. The van der Waals surface area contributed by atoms with Crippen molar-refractivity contribution in [1.29, 1.82) is 36.8 Å². The first kappa shape index (κ1) is 55.6. The fraction of sp³-hybridized carbons (Fsp3) is 0.0702. The lowest BCUT2D eigenvalue weighted by Crippen LogP contribution is -2.06. The van der Waals surface area contributed by atoms with Gasteiger partial charge in [0.05, 0.1) is 0 Å². The van der Waals surface area contributed by atoms with Crippen LogP contribution in [0.2, 0.25) is 15.1 Å². The Bertz CT molecular complexity index is 4520. The average Bonchev–Trinajstić information content (AvgIpc) is 4.29. The quantitative estimate of drug-likeness (QED) is 0.0646. The SMILES string of the molecule is C=CCON=C1c2cc(Cl)ccc2-c2nc(C#N)c(C#N)nc21.CCSc1nc2c(nc1C#N)C(=O)c1ccccc1-2.CON=C1c2cc(Cl)ccc2-c2nc(C#N)c(C#N)nc21.N#Cc1nc2c(nc1C#N)-c1cc(Cl)ccc1C2=O. The molecule has 82 heavy (non-hydrogen) atoms. The first-order chi connectivity index (χ1) is 39.8. The van der Waals surface area contributed by atoms with Crippen LogP contribution in [0, 0.1) is 79.3 Å². The molecular weight excluding hydrogens is 1130 g/mol. The Labute approximate surface area is 483 Å². The number of halogens is 3. The van der Waals surface area contributed by atoms with Gasteiger partial charge in [0.2, 0.25) is 11.6 Å². The minimum atomic E-state index is -0.310. The molecule has 21 nitrogen and oxygen atoms in total. The van der Waals surface area contributed by atoms with Gasteiger partial charge in [-0.15, -0.1) is 11.8 Å². The van der Waals surface area contributed by atoms with E-state index in [2.05, 4.69) is 56.8 Å². The highest BCUT2D eigenvalue weighted by atomic mass is 35.5. The molecule has 0 saturated heterocycles. The predicted molar refractivity (Wildman–Crippen MR) is 296 cm³/mol. The summed E-state index contributed by atoms with van der Waals surface area (Å²) in [5.41, 5.74) is 9.03. The number of thioether (sulfide) groups is 1. The van der Waals surface area contributed by atoms with Gasteiger partial charge in [0.25, 0.3) is 0 Å². The van der Waals surface area contributed by atoms with Crippen molar-refractivity contribution < 1.29 is 19.3 Å². The highest BCUT2D eigenvalue weighted by molar-refractivity contribution is 7.99. The Morgan fingerprint density at radius 3 is 1.27 bits per heavy atom. The summed E-state index contributed by atoms with van der Waals surface area (Å²) in [4.78, 5) is 67.8. The number of nitrogens with zero attached hydrogens (tertiary/aromatic N) is 17. The highest BCUT2D eigenvalue weighted by Crippen LogP contribution is 2.40. The molecule has 4 aromatic carbocycles. The number of fused-ring (bicyclic) bond motifs is 12. The lowest BCUT2D eigenvalue weighted by atomic mass is 10.1. The molecule has 12 rings (SSSR count). The summed E-state index contributed by atoms with van der Waals surface area (Å²) < 4.78 is 0. The molecule has 0 saturated carbocycles. The minimum absolute atomic E-state index is 0.0178. The maximum absolute atomic E-state index is 12.2. The van der Waals surface area contributed by atoms with Crippen molar-refractivity contribution in [3.05, 3.63) is 191 Å². The second kappa shape index (κ2) is 23.9. The van der Waals surface area contributed by atoms with Crippen LogP contribution in [0.15, 0.2) is 107 Å². The molecule has 4 heterocycles. The molecule has 390 valence electrons. The van der Waals surface area contributed by atoms with Crippen LogP contribution < -0.4 is 0 Å². The van der Waals surface area contributed by atoms with Crippen LogP contribution in [0.5, 0.6) is 0 Å². The monoisotopic (exact) mass is 1150 g/mol. The van der Waals surface area contributed by atoms with Crippen LogP contribution in [0.3, 0.4) is 0 Å². The van der Waals surface area contributed by atoms with Crippen LogP contribution in [0.1, 0.15) is 101 Å². The summed E-state index contributed by atoms with van der Waals surface area (Å²) in [6, 6.07) is 35.5. The number of carbonyl (C=O) groups is 2. The summed E-state index contributed by atoms with van der Waals surface area (Å²) in [7, 11) is 1.41. The third kappa shape index (κ3) is 10.3. The van der Waals surface area contributed by atoms with Crippen LogP contribution in [0.4, 0.5) is 0 Å². The second-order valence-corrected chi connectivity index (χ2v) is 19.1. The molecule has 8 aromatic rings. The fourth-order valence-electron chi connectivity index (χ4n) is 8.48. The third-order valence-corrected chi connectivity index (χ3v) is 13.4. The summed E-state index contributed by atoms with van der Waals surface area (Å²) in [5.74, 6) is 0.343. The predicted octanol–water partition coefficient (Wildman–Crippen LogP) is 9.82. The van der Waals surface area contributed by atoms with Crippen molar-refractivity contribution in [1.82, 2.24) is 39.9 Å². The van der Waals surface area contributed by atoms with Crippen molar-refractivity contribution in [2.24, 2.45) is 10.3 Å². The topological polar surface area (TPSA) is 347 Å². The van der Waals surface area contributed by atoms with E-state index in [0.717, 1.165) is 22.4 Å². The number of rotatable bonds is 6. The lowest BCUT2D eigenvalue weighted by Gasteiger charge is -2.03. The van der Waals surface area contributed by atoms with E-state index >= 15 is 0 Å². The Balaban J connectivity index is 0.000000132. The Kier molecular flexibility index (Phi) is 16.2. The van der Waals surface area contributed by atoms with Gasteiger partial charge in [-0.05, 0) is 48.2 Å². The highest BCUT2D eigenvalue weighted by Gasteiger charge is 2.35. The number of benzene rings is 4. The average molecular weight is 1150 g/mol. The first-order valence-electron chi connectivity index (χ1n) is 23.4. The molecule has 0 bridgehead atoms. The standard InChI is InChI=1S/C16H8ClN5O.C14H6ClN5O.C14H9N3OS.C13H3ClN4O/c1-2-5-23-22-15-11-6-9(17)3-4-10(11)14-16(15)21-13(8-19)12(7-18)20-14;1-21-20-13-9-4-7(15)2-3-8(9)12-14(13)19-11(6-17)10(5-16)18-12;1-2-19-14-10(7-15)16-12-11(17-14)8-5-3-4-6-9(8)13(12)18;14-6-1-2-7-8(3-6)11-12(13(7)19)18-10(5-16)9(4-15)17-11/h2-4,6H,1,5H2;2-4H,1H3;3-6H,2H2,1H3;1-3H. The molecule has 0 aliphatic heterocycles. The fourth-order valence-corrected chi connectivity index (χ4v) is 9.65. The van der Waals surface area contributed by atoms with E-state index in [1.165, 1.54) is 18.9 Å². The maximum atomic E-state index is 12.2. The molecule has 25 heteroatoms. The number of ketones is 2. The van der Waals surface area contributed by atoms with Crippen LogP contribution >= 0.6 is 46.6 Å². The molecular formula is C57H26Cl3N17O4S. The Hall–Kier alpha value is -11.1. The molecule has 0 radical (unpaired) electrons. The molecule has 0 amide bonds. The van der Waals surface area contributed by atoms with Gasteiger partial charge in [-0.2, -0.15) is 36.8 Å². The summed E-state index contributed by atoms with van der Waals surface area (Å²) in [6.07, 6.45) is 1.56. The van der Waals surface area contributed by atoms with Crippen molar-refractivity contribution >= 4 is 69.6 Å². The molecule has 0 fully saturated rings. The van der Waals surface area contributed by atoms with Gasteiger partial charge in [-0.1, -0.05) is 101 Å². The zero-order valence-corrected chi connectivity index (χ0v) is 45.1. The largest absolute Gasteiger partial charge is 0.399 e. The van der Waals surface area contributed by atoms with E-state index in [1.807, 2.05) is 55.5 Å². The zero-order valence-electron chi connectivity index (χ0n) is 42.0. The van der Waals surface area contributed by atoms with Crippen molar-refractivity contribution in [2.75, 3.05) is 19.5 Å². The molecule has 4 aliphatic rings. The second-order valence-electron chi connectivity index (χ2n) is 16.6. The molecule has 0 unspecified atom stereocenters. The number of oxime groups is 2. The van der Waals surface area contributed by atoms with Crippen molar-refractivity contribution in [2.45, 2.75) is 11.9 Å². The van der Waals surface area contributed by atoms with E-state index in [-0.39, 0.29) is 63.7 Å². The van der Waals surface area contributed by atoms with E-state index in [9.17, 15) is 9.59 Å². The normalized spacial score (nSPS) is 12.4. The molecule has 4 aliphatic carbocycles. The van der Waals surface area contributed by atoms with E-state index in [0.29, 0.717) is 99.2 Å². The van der Waals surface area contributed by atoms with Gasteiger partial charge < -0.3 is 9.68 Å². The van der Waals surface area contributed by atoms with Gasteiger partial charge in [0, 0.05) is 59.6 Å². The van der Waals surface area contributed by atoms with Gasteiger partial charge in [0.1, 0.15) is 118 Å². The summed E-state index contributed by atoms with van der Waals surface area (Å²) in [5, 5.41) is 73.4. The maximum Gasteiger partial charge on any atom is 0.214 e. The van der Waals surface area contributed by atoms with Gasteiger partial charge in [-0.3, -0.25) is 9.59 Å². The summed E-state index contributed by atoms with van der Waals surface area (Å²) >= 11 is 19.4. The molecule has 4 aromatic heterocycles. The number of hydrogen-bond acceptors (Lipinski definition) is 22. The van der Waals surface area contributed by atoms with Gasteiger partial charge in [0.15, 0.2) is 39.9 Å². The molecule has 0 N–H and O–H groups in total.